The molecule has 0 spiro atoms. The lowest BCUT2D eigenvalue weighted by molar-refractivity contribution is -0.139. The topological polar surface area (TPSA) is 115 Å². The number of carbonyl (C=O) groups is 2. The van der Waals surface area contributed by atoms with Crippen molar-refractivity contribution in [2.24, 2.45) is 4.99 Å². The summed E-state index contributed by atoms with van der Waals surface area (Å²) >= 11 is 1.24. The molecule has 0 aliphatic carbocycles. The van der Waals surface area contributed by atoms with Gasteiger partial charge in [-0.25, -0.2) is 14.6 Å². The van der Waals surface area contributed by atoms with Gasteiger partial charge in [-0.15, -0.1) is 0 Å². The molecule has 1 atom stereocenters. The van der Waals surface area contributed by atoms with Crippen LogP contribution in [0.1, 0.15) is 67.7 Å². The Labute approximate surface area is 282 Å². The molecule has 2 heterocycles. The van der Waals surface area contributed by atoms with E-state index in [-0.39, 0.29) is 36.4 Å². The molecule has 0 saturated heterocycles. The van der Waals surface area contributed by atoms with Crippen molar-refractivity contribution in [3.05, 3.63) is 120 Å². The largest absolute Gasteiger partial charge is 0.493 e. The van der Waals surface area contributed by atoms with Gasteiger partial charge in [0.25, 0.3) is 5.56 Å². The van der Waals surface area contributed by atoms with Gasteiger partial charge in [-0.3, -0.25) is 9.36 Å². The molecule has 1 aliphatic heterocycles. The summed E-state index contributed by atoms with van der Waals surface area (Å²) in [6, 6.07) is 19.0. The number of aromatic nitrogens is 1. The van der Waals surface area contributed by atoms with Crippen LogP contribution in [0.15, 0.2) is 87.8 Å². The van der Waals surface area contributed by atoms with Crippen molar-refractivity contribution in [2.45, 2.75) is 53.4 Å². The first-order valence-electron chi connectivity index (χ1n) is 15.7. The number of rotatable bonds is 12. The lowest BCUT2D eigenvalue weighted by Crippen LogP contribution is -2.40. The Hall–Kier alpha value is -5.16. The second kappa shape index (κ2) is 15.2. The maximum atomic E-state index is 14.1. The highest BCUT2D eigenvalue weighted by molar-refractivity contribution is 7.07. The minimum atomic E-state index is -0.797. The summed E-state index contributed by atoms with van der Waals surface area (Å²) in [6.45, 7) is 9.87. The number of hydrogen-bond acceptors (Lipinski definition) is 10. The maximum absolute atomic E-state index is 14.1. The fourth-order valence-corrected chi connectivity index (χ4v) is 6.32. The molecule has 0 fully saturated rings. The molecular formula is C37H38N2O8S. The molecule has 0 bridgehead atoms. The van der Waals surface area contributed by atoms with E-state index < -0.39 is 12.0 Å². The van der Waals surface area contributed by atoms with Crippen LogP contribution in [-0.2, 0) is 20.9 Å². The van der Waals surface area contributed by atoms with Gasteiger partial charge in [0.1, 0.15) is 12.4 Å². The van der Waals surface area contributed by atoms with Crippen molar-refractivity contribution in [2.75, 3.05) is 20.3 Å². The fraction of sp³-hybridized carbons (Fsp3) is 0.297. The molecule has 1 aromatic heterocycles. The highest BCUT2D eigenvalue weighted by Gasteiger charge is 2.34. The lowest BCUT2D eigenvalue weighted by Gasteiger charge is -2.25. The number of carbonyl (C=O) groups excluding carboxylic acids is 2. The van der Waals surface area contributed by atoms with E-state index in [2.05, 4.69) is 4.99 Å². The molecular weight excluding hydrogens is 632 g/mol. The normalized spacial score (nSPS) is 14.3. The van der Waals surface area contributed by atoms with E-state index in [9.17, 15) is 14.4 Å². The summed E-state index contributed by atoms with van der Waals surface area (Å²) in [7, 11) is 1.55. The molecule has 4 aromatic rings. The van der Waals surface area contributed by atoms with E-state index in [0.717, 1.165) is 11.1 Å². The van der Waals surface area contributed by atoms with Gasteiger partial charge >= 0.3 is 11.9 Å². The van der Waals surface area contributed by atoms with Crippen molar-refractivity contribution in [3.8, 4) is 17.2 Å². The van der Waals surface area contributed by atoms with E-state index in [1.807, 2.05) is 56.3 Å². The summed E-state index contributed by atoms with van der Waals surface area (Å²) < 4.78 is 30.0. The van der Waals surface area contributed by atoms with Crippen molar-refractivity contribution in [3.63, 3.8) is 0 Å². The van der Waals surface area contributed by atoms with Crippen LogP contribution in [0.25, 0.3) is 6.08 Å². The molecule has 0 radical (unpaired) electrons. The van der Waals surface area contributed by atoms with Crippen LogP contribution in [0.3, 0.4) is 0 Å². The van der Waals surface area contributed by atoms with Crippen molar-refractivity contribution in [1.29, 1.82) is 0 Å². The molecule has 0 N–H and O–H groups in total. The highest BCUT2D eigenvalue weighted by Crippen LogP contribution is 2.36. The van der Waals surface area contributed by atoms with Crippen LogP contribution in [0.5, 0.6) is 17.2 Å². The lowest BCUT2D eigenvalue weighted by atomic mass is 9.95. The zero-order valence-electron chi connectivity index (χ0n) is 27.8. The first-order valence-corrected chi connectivity index (χ1v) is 16.5. The first kappa shape index (κ1) is 34.2. The number of ether oxygens (including phenoxy) is 5. The van der Waals surface area contributed by atoms with Crippen LogP contribution in [0.4, 0.5) is 0 Å². The van der Waals surface area contributed by atoms with Gasteiger partial charge in [0, 0.05) is 0 Å². The monoisotopic (exact) mass is 670 g/mol. The minimum absolute atomic E-state index is 0.0760. The number of esters is 2. The molecule has 0 unspecified atom stereocenters. The Kier molecular flexibility index (Phi) is 10.8. The molecule has 3 aromatic carbocycles. The predicted molar refractivity (Wildman–Crippen MR) is 182 cm³/mol. The van der Waals surface area contributed by atoms with Gasteiger partial charge < -0.3 is 23.7 Å². The van der Waals surface area contributed by atoms with E-state index in [0.29, 0.717) is 50.0 Å². The van der Waals surface area contributed by atoms with Gasteiger partial charge in [0.2, 0.25) is 0 Å². The Morgan fingerprint density at radius 2 is 1.69 bits per heavy atom. The average molecular weight is 671 g/mol. The Morgan fingerprint density at radius 3 is 2.38 bits per heavy atom. The standard InChI is InChI=1S/C37H38N2O8S/c1-7-44-35(41)26-14-12-24(13-15-26)21-46-28-11-9-10-25(18-28)19-31-34(40)39-33(27-16-17-29(47-22(3)4)30(20-27)43-6)32(36(42)45-8-2)23(5)38-37(39)48-31/h9-20,22,33H,7-8,21H2,1-6H3/b31-19+/t33-/m0/s1. The quantitative estimate of drug-likeness (QED) is 0.186. The Balaban J connectivity index is 1.49. The molecule has 1 aliphatic rings. The summed E-state index contributed by atoms with van der Waals surface area (Å²) in [5, 5.41) is 0. The Morgan fingerprint density at radius 1 is 0.958 bits per heavy atom. The Bertz CT molecular complexity index is 2030. The van der Waals surface area contributed by atoms with Crippen LogP contribution in [0.2, 0.25) is 0 Å². The van der Waals surface area contributed by atoms with Crippen LogP contribution in [-0.4, -0.2) is 42.9 Å². The smallest absolute Gasteiger partial charge is 0.338 e. The van der Waals surface area contributed by atoms with Crippen LogP contribution >= 0.6 is 11.3 Å². The zero-order chi connectivity index (χ0) is 34.4. The number of methoxy groups -OCH3 is 1. The molecule has 0 saturated carbocycles. The van der Waals surface area contributed by atoms with Crippen molar-refractivity contribution in [1.82, 2.24) is 4.57 Å². The van der Waals surface area contributed by atoms with Crippen molar-refractivity contribution >= 4 is 29.4 Å². The first-order chi connectivity index (χ1) is 23.1. The van der Waals surface area contributed by atoms with E-state index in [1.165, 1.54) is 15.9 Å². The van der Waals surface area contributed by atoms with Crippen molar-refractivity contribution < 1.29 is 33.3 Å². The molecule has 250 valence electrons. The van der Waals surface area contributed by atoms with Crippen LogP contribution in [0, 0.1) is 0 Å². The molecule has 48 heavy (non-hydrogen) atoms. The van der Waals surface area contributed by atoms with E-state index >= 15 is 0 Å². The molecule has 10 nitrogen and oxygen atoms in total. The predicted octanol–water partition coefficient (Wildman–Crippen LogP) is 5.35. The summed E-state index contributed by atoms with van der Waals surface area (Å²) in [4.78, 5) is 44.5. The summed E-state index contributed by atoms with van der Waals surface area (Å²) in [6.07, 6.45) is 1.71. The SMILES string of the molecule is CCOC(=O)C1=C(C)N=c2s/c(=C/c3cccc(OCc4ccc(C(=O)OCC)cc4)c3)c(=O)n2[C@H]1c1ccc(OC(C)C)c(OC)c1. The number of nitrogens with zero attached hydrogens (tertiary/aromatic N) is 2. The second-order valence-corrected chi connectivity index (χ2v) is 12.2. The highest BCUT2D eigenvalue weighted by atomic mass is 32.1. The fourth-order valence-electron chi connectivity index (χ4n) is 5.28. The number of hydrogen-bond donors (Lipinski definition) is 0. The van der Waals surface area contributed by atoms with Gasteiger partial charge in [0.15, 0.2) is 16.3 Å². The summed E-state index contributed by atoms with van der Waals surface area (Å²) in [5.74, 6) is 0.737. The third-order valence-corrected chi connectivity index (χ3v) is 8.39. The zero-order valence-corrected chi connectivity index (χ0v) is 28.6. The van der Waals surface area contributed by atoms with Gasteiger partial charge in [-0.05, 0) is 93.8 Å². The van der Waals surface area contributed by atoms with Crippen LogP contribution < -0.4 is 29.1 Å². The number of fused-ring (bicyclic) bond motifs is 1. The van der Waals surface area contributed by atoms with E-state index in [4.69, 9.17) is 23.7 Å². The maximum Gasteiger partial charge on any atom is 0.338 e. The third-order valence-electron chi connectivity index (χ3n) is 7.41. The number of allylic oxidation sites excluding steroid dienone is 1. The molecule has 0 amide bonds. The number of thiazole rings is 1. The van der Waals surface area contributed by atoms with Gasteiger partial charge in [-0.2, -0.15) is 0 Å². The third kappa shape index (κ3) is 7.52. The number of benzene rings is 3. The second-order valence-electron chi connectivity index (χ2n) is 11.2. The van der Waals surface area contributed by atoms with E-state index in [1.54, 1.807) is 58.2 Å². The summed E-state index contributed by atoms with van der Waals surface area (Å²) in [5.41, 5.74) is 3.22. The average Bonchev–Trinajstić information content (AvgIpc) is 3.37. The minimum Gasteiger partial charge on any atom is -0.493 e. The molecule has 11 heteroatoms. The van der Waals surface area contributed by atoms with Gasteiger partial charge in [-0.1, -0.05) is 41.7 Å². The van der Waals surface area contributed by atoms with Gasteiger partial charge in [0.05, 0.1) is 53.8 Å². The molecule has 5 rings (SSSR count).